The molecule has 0 radical (unpaired) electrons. The van der Waals surface area contributed by atoms with Gasteiger partial charge in [0.25, 0.3) is 0 Å². The van der Waals surface area contributed by atoms with Crippen molar-refractivity contribution < 1.29 is 4.79 Å². The lowest BCUT2D eigenvalue weighted by molar-refractivity contribution is 0.0922. The Morgan fingerprint density at radius 2 is 1.74 bits per heavy atom. The molecule has 0 aromatic heterocycles. The first-order chi connectivity index (χ1) is 13.1. The summed E-state index contributed by atoms with van der Waals surface area (Å²) in [6.45, 7) is 2.27. The fraction of sp³-hybridized carbons (Fsp3) is 0.208. The summed E-state index contributed by atoms with van der Waals surface area (Å²) in [6.07, 6.45) is 0.884. The lowest BCUT2D eigenvalue weighted by Crippen LogP contribution is -2.50. The Kier molecular flexibility index (Phi) is 3.66. The van der Waals surface area contributed by atoms with Crippen molar-refractivity contribution in [3.63, 3.8) is 0 Å². The van der Waals surface area contributed by atoms with Gasteiger partial charge in [0.2, 0.25) is 0 Å². The Hall–Kier alpha value is -2.58. The van der Waals surface area contributed by atoms with Crippen LogP contribution >= 0.6 is 11.6 Å². The third-order valence-electron chi connectivity index (χ3n) is 6.35. The van der Waals surface area contributed by atoms with Crippen LogP contribution in [0.2, 0.25) is 5.02 Å². The van der Waals surface area contributed by atoms with E-state index >= 15 is 0 Å². The van der Waals surface area contributed by atoms with E-state index < -0.39 is 0 Å². The van der Waals surface area contributed by atoms with E-state index in [2.05, 4.69) is 42.6 Å². The Morgan fingerprint density at radius 3 is 2.56 bits per heavy atom. The van der Waals surface area contributed by atoms with Crippen molar-refractivity contribution in [2.75, 3.05) is 5.32 Å². The molecule has 0 saturated heterocycles. The molecule has 1 heterocycles. The van der Waals surface area contributed by atoms with Crippen molar-refractivity contribution in [2.24, 2.45) is 5.92 Å². The summed E-state index contributed by atoms with van der Waals surface area (Å²) in [5, 5.41) is 4.28. The molecule has 1 aliphatic heterocycles. The SMILES string of the molecule is C[C@@]12c3ccccc3C[C@@H]1[C@H](C(=O)c1ccccc1)Nc1ccc(Cl)cc12. The van der Waals surface area contributed by atoms with Gasteiger partial charge in [0.15, 0.2) is 5.78 Å². The van der Waals surface area contributed by atoms with Gasteiger partial charge in [-0.2, -0.15) is 0 Å². The molecule has 0 fully saturated rings. The molecule has 3 aromatic carbocycles. The lowest BCUT2D eigenvalue weighted by atomic mass is 9.64. The van der Waals surface area contributed by atoms with Gasteiger partial charge in [0.1, 0.15) is 0 Å². The first kappa shape index (κ1) is 16.6. The molecule has 3 atom stereocenters. The molecule has 3 heteroatoms. The molecule has 134 valence electrons. The topological polar surface area (TPSA) is 29.1 Å². The fourth-order valence-corrected chi connectivity index (χ4v) is 5.18. The number of rotatable bonds is 2. The first-order valence-corrected chi connectivity index (χ1v) is 9.71. The number of benzene rings is 3. The maximum Gasteiger partial charge on any atom is 0.185 e. The molecule has 1 N–H and O–H groups in total. The Morgan fingerprint density at radius 1 is 1.00 bits per heavy atom. The van der Waals surface area contributed by atoms with Gasteiger partial charge >= 0.3 is 0 Å². The molecule has 2 nitrogen and oxygen atoms in total. The average molecular weight is 374 g/mol. The van der Waals surface area contributed by atoms with Crippen molar-refractivity contribution in [1.82, 2.24) is 0 Å². The van der Waals surface area contributed by atoms with Crippen LogP contribution in [-0.2, 0) is 11.8 Å². The summed E-state index contributed by atoms with van der Waals surface area (Å²) in [6, 6.07) is 23.8. The van der Waals surface area contributed by atoms with E-state index in [-0.39, 0.29) is 23.2 Å². The van der Waals surface area contributed by atoms with E-state index in [0.29, 0.717) is 0 Å². The quantitative estimate of drug-likeness (QED) is 0.601. The number of ketones is 1. The van der Waals surface area contributed by atoms with Crippen LogP contribution in [0.25, 0.3) is 0 Å². The zero-order chi connectivity index (χ0) is 18.6. The monoisotopic (exact) mass is 373 g/mol. The number of nitrogens with one attached hydrogen (secondary N) is 1. The molecule has 27 heavy (non-hydrogen) atoms. The normalized spacial score (nSPS) is 25.1. The van der Waals surface area contributed by atoms with E-state index in [9.17, 15) is 4.79 Å². The minimum absolute atomic E-state index is 0.147. The van der Waals surface area contributed by atoms with Gasteiger partial charge in [-0.25, -0.2) is 0 Å². The third-order valence-corrected chi connectivity index (χ3v) is 6.59. The predicted octanol–water partition coefficient (Wildman–Crippen LogP) is 5.50. The third kappa shape index (κ3) is 2.36. The maximum absolute atomic E-state index is 13.4. The van der Waals surface area contributed by atoms with Gasteiger partial charge in [-0.3, -0.25) is 4.79 Å². The van der Waals surface area contributed by atoms with Gasteiger partial charge in [-0.05, 0) is 41.3 Å². The van der Waals surface area contributed by atoms with Crippen LogP contribution in [0.3, 0.4) is 0 Å². The smallest absolute Gasteiger partial charge is 0.185 e. The highest BCUT2D eigenvalue weighted by atomic mass is 35.5. The van der Waals surface area contributed by atoms with Gasteiger partial charge in [-0.15, -0.1) is 0 Å². The molecule has 0 spiro atoms. The Labute approximate surface area is 164 Å². The molecule has 2 aliphatic rings. The molecule has 1 aliphatic carbocycles. The van der Waals surface area contributed by atoms with Gasteiger partial charge < -0.3 is 5.32 Å². The highest BCUT2D eigenvalue weighted by Crippen LogP contribution is 2.54. The van der Waals surface area contributed by atoms with Crippen molar-refractivity contribution in [2.45, 2.75) is 24.8 Å². The maximum atomic E-state index is 13.4. The summed E-state index contributed by atoms with van der Waals surface area (Å²) in [5.74, 6) is 0.300. The first-order valence-electron chi connectivity index (χ1n) is 9.33. The standard InChI is InChI=1S/C24H20ClNO/c1-24-18-10-6-5-9-16(18)13-20(24)22(23(27)15-7-3-2-4-8-15)26-21-12-11-17(25)14-19(21)24/h2-12,14,20,22,26H,13H2,1H3/t20-,22-,24+/m1/s1. The predicted molar refractivity (Wildman–Crippen MR) is 110 cm³/mol. The van der Waals surface area contributed by atoms with E-state index in [1.54, 1.807) is 0 Å². The van der Waals surface area contributed by atoms with E-state index in [1.807, 2.05) is 42.5 Å². The zero-order valence-corrected chi connectivity index (χ0v) is 15.8. The number of hydrogen-bond acceptors (Lipinski definition) is 2. The summed E-state index contributed by atoms with van der Waals surface area (Å²) < 4.78 is 0. The van der Waals surface area contributed by atoms with Crippen LogP contribution < -0.4 is 5.32 Å². The zero-order valence-electron chi connectivity index (χ0n) is 15.1. The number of carbonyl (C=O) groups is 1. The summed E-state index contributed by atoms with van der Waals surface area (Å²) >= 11 is 6.36. The highest BCUT2D eigenvalue weighted by Gasteiger charge is 2.53. The second kappa shape index (κ2) is 5.97. The van der Waals surface area contributed by atoms with E-state index in [0.717, 1.165) is 22.7 Å². The van der Waals surface area contributed by atoms with Gasteiger partial charge in [0.05, 0.1) is 6.04 Å². The van der Waals surface area contributed by atoms with Crippen LogP contribution in [0.15, 0.2) is 72.8 Å². The number of fused-ring (bicyclic) bond motifs is 5. The fourth-order valence-electron chi connectivity index (χ4n) is 5.01. The number of anilines is 1. The van der Waals surface area contributed by atoms with Crippen molar-refractivity contribution in [3.05, 3.63) is 100 Å². The molecular weight excluding hydrogens is 354 g/mol. The minimum atomic E-state index is -0.265. The van der Waals surface area contributed by atoms with Gasteiger partial charge in [-0.1, -0.05) is 73.1 Å². The van der Waals surface area contributed by atoms with Crippen LogP contribution in [-0.4, -0.2) is 11.8 Å². The highest BCUT2D eigenvalue weighted by molar-refractivity contribution is 6.30. The van der Waals surface area contributed by atoms with E-state index in [4.69, 9.17) is 11.6 Å². The molecule has 0 unspecified atom stereocenters. The summed E-state index contributed by atoms with van der Waals surface area (Å²) in [4.78, 5) is 13.4. The van der Waals surface area contributed by atoms with Crippen molar-refractivity contribution >= 4 is 23.1 Å². The summed E-state index contributed by atoms with van der Waals surface area (Å²) in [5.41, 5.74) is 5.34. The average Bonchev–Trinajstić information content (AvgIpc) is 3.02. The Bertz CT molecular complexity index is 1050. The van der Waals surface area contributed by atoms with Crippen LogP contribution in [0.4, 0.5) is 5.69 Å². The molecular formula is C24H20ClNO. The molecule has 3 aromatic rings. The number of halogens is 1. The van der Waals surface area contributed by atoms with Gasteiger partial charge in [0, 0.05) is 27.6 Å². The largest absolute Gasteiger partial charge is 0.374 e. The summed E-state index contributed by atoms with van der Waals surface area (Å²) in [7, 11) is 0. The van der Waals surface area contributed by atoms with Crippen LogP contribution in [0.5, 0.6) is 0 Å². The Balaban J connectivity index is 1.70. The molecule has 0 amide bonds. The van der Waals surface area contributed by atoms with Crippen molar-refractivity contribution in [3.8, 4) is 0 Å². The van der Waals surface area contributed by atoms with Crippen LogP contribution in [0, 0.1) is 5.92 Å². The second-order valence-electron chi connectivity index (χ2n) is 7.71. The minimum Gasteiger partial charge on any atom is -0.374 e. The molecule has 0 saturated carbocycles. The van der Waals surface area contributed by atoms with E-state index in [1.165, 1.54) is 16.7 Å². The lowest BCUT2D eigenvalue weighted by Gasteiger charge is -2.44. The number of hydrogen-bond donors (Lipinski definition) is 1. The second-order valence-corrected chi connectivity index (χ2v) is 8.15. The molecule has 0 bridgehead atoms. The van der Waals surface area contributed by atoms with Crippen LogP contribution in [0.1, 0.15) is 34.0 Å². The molecule has 5 rings (SSSR count). The van der Waals surface area contributed by atoms with Crippen molar-refractivity contribution in [1.29, 1.82) is 0 Å². The number of Topliss-reactive ketones (excluding diaryl/α,β-unsaturated/α-hetero) is 1. The number of carbonyl (C=O) groups excluding carboxylic acids is 1.